The summed E-state index contributed by atoms with van der Waals surface area (Å²) in [5.41, 5.74) is 3.84. The first-order chi connectivity index (χ1) is 17.9. The highest BCUT2D eigenvalue weighted by Gasteiger charge is 2.26. The van der Waals surface area contributed by atoms with Crippen LogP contribution in [-0.4, -0.2) is 39.5 Å². The summed E-state index contributed by atoms with van der Waals surface area (Å²) < 4.78 is 13.0. The Balaban J connectivity index is 1.42. The van der Waals surface area contributed by atoms with Crippen LogP contribution in [-0.2, 0) is 35.5 Å². The van der Waals surface area contributed by atoms with Crippen molar-refractivity contribution >= 4 is 40.0 Å². The number of carbonyl (C=O) groups is 2. The van der Waals surface area contributed by atoms with Gasteiger partial charge in [0.1, 0.15) is 17.4 Å². The second-order valence-corrected chi connectivity index (χ2v) is 11.3. The van der Waals surface area contributed by atoms with Gasteiger partial charge in [-0.25, -0.2) is 4.79 Å². The van der Waals surface area contributed by atoms with Crippen molar-refractivity contribution in [2.45, 2.75) is 77.6 Å². The number of ether oxygens (including phenoxy) is 2. The van der Waals surface area contributed by atoms with Crippen LogP contribution in [0.5, 0.6) is 5.75 Å². The lowest BCUT2D eigenvalue weighted by molar-refractivity contribution is -0.113. The van der Waals surface area contributed by atoms with Crippen LogP contribution in [0.3, 0.4) is 0 Å². The monoisotopic (exact) mass is 542 g/mol. The molecule has 1 amide bonds. The predicted octanol–water partition coefficient (Wildman–Crippen LogP) is 5.73. The number of fused-ring (bicyclic) bond motifs is 1. The lowest BCUT2D eigenvalue weighted by Gasteiger charge is -2.11. The number of nitrogens with zero attached hydrogens (tertiary/aromatic N) is 3. The summed E-state index contributed by atoms with van der Waals surface area (Å²) in [5, 5.41) is 12.8. The van der Waals surface area contributed by atoms with E-state index in [-0.39, 0.29) is 17.6 Å². The molecule has 10 heteroatoms. The first-order valence-electron chi connectivity index (χ1n) is 12.7. The van der Waals surface area contributed by atoms with Crippen molar-refractivity contribution in [3.8, 4) is 5.75 Å². The Morgan fingerprint density at radius 3 is 2.51 bits per heavy atom. The number of carbonyl (C=O) groups excluding carboxylic acids is 2. The minimum absolute atomic E-state index is 0.152. The number of hydrogen-bond acceptors (Lipinski definition) is 8. The number of methoxy groups -OCH3 is 1. The zero-order chi connectivity index (χ0) is 26.4. The first-order valence-corrected chi connectivity index (χ1v) is 14.5. The first kappa shape index (κ1) is 27.2. The van der Waals surface area contributed by atoms with E-state index in [0.29, 0.717) is 34.7 Å². The number of rotatable bonds is 9. The zero-order valence-corrected chi connectivity index (χ0v) is 23.5. The summed E-state index contributed by atoms with van der Waals surface area (Å²) >= 11 is 2.82. The van der Waals surface area contributed by atoms with Crippen molar-refractivity contribution in [2.24, 2.45) is 0 Å². The van der Waals surface area contributed by atoms with Crippen molar-refractivity contribution in [1.29, 1.82) is 0 Å². The maximum absolute atomic E-state index is 12.9. The lowest BCUT2D eigenvalue weighted by atomic mass is 9.96. The molecule has 0 fully saturated rings. The second-order valence-electron chi connectivity index (χ2n) is 9.21. The number of anilines is 1. The van der Waals surface area contributed by atoms with Gasteiger partial charge in [-0.15, -0.1) is 21.5 Å². The number of aromatic nitrogens is 3. The molecule has 8 nitrogen and oxygen atoms in total. The molecule has 0 unspecified atom stereocenters. The normalized spacial score (nSPS) is 13.4. The van der Waals surface area contributed by atoms with E-state index in [1.165, 1.54) is 41.5 Å². The molecular formula is C27H34N4O4S2. The van der Waals surface area contributed by atoms with Crippen LogP contribution in [0.1, 0.15) is 70.4 Å². The molecular weight excluding hydrogens is 508 g/mol. The van der Waals surface area contributed by atoms with Crippen LogP contribution in [0.2, 0.25) is 0 Å². The van der Waals surface area contributed by atoms with Gasteiger partial charge in [0.2, 0.25) is 5.91 Å². The Morgan fingerprint density at radius 2 is 1.81 bits per heavy atom. The van der Waals surface area contributed by atoms with Crippen molar-refractivity contribution in [3.05, 3.63) is 51.2 Å². The molecule has 1 aromatic carbocycles. The van der Waals surface area contributed by atoms with Crippen molar-refractivity contribution in [1.82, 2.24) is 14.8 Å². The van der Waals surface area contributed by atoms with Gasteiger partial charge in [0, 0.05) is 11.4 Å². The molecule has 1 aliphatic rings. The minimum atomic E-state index is -0.389. The van der Waals surface area contributed by atoms with Crippen molar-refractivity contribution < 1.29 is 19.1 Å². The highest BCUT2D eigenvalue weighted by Crippen LogP contribution is 2.37. The Labute approximate surface area is 226 Å². The Kier molecular flexibility index (Phi) is 9.26. The van der Waals surface area contributed by atoms with Crippen LogP contribution in [0, 0.1) is 13.8 Å². The fourth-order valence-electron chi connectivity index (χ4n) is 4.63. The van der Waals surface area contributed by atoms with Gasteiger partial charge in [-0.1, -0.05) is 30.7 Å². The Bertz CT molecular complexity index is 1250. The molecule has 3 aromatic rings. The standard InChI is InChI=1S/C27H34N4O4S2/c1-5-31-22(15-35-19-13-17(2)12-18(3)14-19)29-30-27(31)36-16-23(32)28-25-24(26(33)34-4)20-10-8-6-7-9-11-21(20)37-25/h12-14H,5-11,15-16H2,1-4H3,(H,28,32). The zero-order valence-electron chi connectivity index (χ0n) is 21.9. The fraction of sp³-hybridized carbons (Fsp3) is 0.481. The average molecular weight is 543 g/mol. The highest BCUT2D eigenvalue weighted by atomic mass is 32.2. The molecule has 1 N–H and O–H groups in total. The van der Waals surface area contributed by atoms with Gasteiger partial charge in [0.05, 0.1) is 18.4 Å². The largest absolute Gasteiger partial charge is 0.486 e. The minimum Gasteiger partial charge on any atom is -0.486 e. The molecule has 0 spiro atoms. The SMILES string of the molecule is CCn1c(COc2cc(C)cc(C)c2)nnc1SCC(=O)Nc1sc2c(c1C(=O)OC)CCCCCC2. The van der Waals surface area contributed by atoms with Crippen molar-refractivity contribution in [2.75, 3.05) is 18.2 Å². The maximum atomic E-state index is 12.9. The Morgan fingerprint density at radius 1 is 1.08 bits per heavy atom. The van der Waals surface area contributed by atoms with Crippen LogP contribution >= 0.6 is 23.1 Å². The van der Waals surface area contributed by atoms with Crippen LogP contribution in [0.15, 0.2) is 23.4 Å². The Hall–Kier alpha value is -2.85. The summed E-state index contributed by atoms with van der Waals surface area (Å²) in [6.45, 7) is 7.04. The van der Waals surface area contributed by atoms with E-state index in [1.54, 1.807) is 0 Å². The van der Waals surface area contributed by atoms with Gasteiger partial charge in [-0.3, -0.25) is 4.79 Å². The number of thioether (sulfide) groups is 1. The molecule has 0 atom stereocenters. The number of amides is 1. The number of aryl methyl sites for hydroxylation is 3. The van der Waals surface area contributed by atoms with Crippen molar-refractivity contribution in [3.63, 3.8) is 0 Å². The van der Waals surface area contributed by atoms with Gasteiger partial charge in [0.15, 0.2) is 11.0 Å². The van der Waals surface area contributed by atoms with Gasteiger partial charge in [-0.2, -0.15) is 0 Å². The van der Waals surface area contributed by atoms with Crippen LogP contribution < -0.4 is 10.1 Å². The molecule has 198 valence electrons. The third-order valence-corrected chi connectivity index (χ3v) is 8.49. The molecule has 1 aliphatic carbocycles. The average Bonchev–Trinajstić information content (AvgIpc) is 3.40. The molecule has 4 rings (SSSR count). The molecule has 0 bridgehead atoms. The number of hydrogen-bond donors (Lipinski definition) is 1. The predicted molar refractivity (Wildman–Crippen MR) is 147 cm³/mol. The van der Waals surface area contributed by atoms with E-state index >= 15 is 0 Å². The molecule has 0 aliphatic heterocycles. The van der Waals surface area contributed by atoms with Crippen LogP contribution in [0.4, 0.5) is 5.00 Å². The third-order valence-electron chi connectivity index (χ3n) is 6.32. The molecule has 2 aromatic heterocycles. The third kappa shape index (κ3) is 6.73. The number of nitrogens with one attached hydrogen (secondary N) is 1. The molecule has 0 saturated carbocycles. The summed E-state index contributed by atoms with van der Waals surface area (Å²) in [5.74, 6) is 1.07. The molecule has 2 heterocycles. The van der Waals surface area contributed by atoms with Gasteiger partial charge < -0.3 is 19.4 Å². The van der Waals surface area contributed by atoms with Crippen LogP contribution in [0.25, 0.3) is 0 Å². The number of benzene rings is 1. The highest BCUT2D eigenvalue weighted by molar-refractivity contribution is 7.99. The van der Waals surface area contributed by atoms with Gasteiger partial charge in [-0.05, 0) is 75.3 Å². The maximum Gasteiger partial charge on any atom is 0.341 e. The van der Waals surface area contributed by atoms with E-state index in [0.717, 1.165) is 54.5 Å². The molecule has 37 heavy (non-hydrogen) atoms. The summed E-state index contributed by atoms with van der Waals surface area (Å²) in [4.78, 5) is 26.7. The van der Waals surface area contributed by atoms with Gasteiger partial charge >= 0.3 is 5.97 Å². The summed E-state index contributed by atoms with van der Waals surface area (Å²) in [6, 6.07) is 6.09. The van der Waals surface area contributed by atoms with E-state index in [9.17, 15) is 9.59 Å². The number of thiophene rings is 1. The second kappa shape index (κ2) is 12.6. The van der Waals surface area contributed by atoms with E-state index in [4.69, 9.17) is 9.47 Å². The smallest absolute Gasteiger partial charge is 0.341 e. The quantitative estimate of drug-likeness (QED) is 0.272. The topological polar surface area (TPSA) is 95.3 Å². The molecule has 0 saturated heterocycles. The van der Waals surface area contributed by atoms with E-state index in [2.05, 4.69) is 21.6 Å². The van der Waals surface area contributed by atoms with E-state index in [1.807, 2.05) is 37.5 Å². The van der Waals surface area contributed by atoms with Gasteiger partial charge in [0.25, 0.3) is 0 Å². The summed E-state index contributed by atoms with van der Waals surface area (Å²) in [7, 11) is 1.38. The fourth-order valence-corrected chi connectivity index (χ4v) is 6.75. The molecule has 0 radical (unpaired) electrons. The summed E-state index contributed by atoms with van der Waals surface area (Å²) in [6.07, 6.45) is 6.26. The lowest BCUT2D eigenvalue weighted by Crippen LogP contribution is -2.17. The van der Waals surface area contributed by atoms with E-state index < -0.39 is 0 Å². The number of esters is 1.